The first-order chi connectivity index (χ1) is 5.89. The summed E-state index contributed by atoms with van der Waals surface area (Å²) in [6.45, 7) is 0. The number of thioether (sulfide) groups is 2. The molecule has 0 aromatic rings. The molecule has 0 N–H and O–H groups in total. The standard InChI is InChI=1S/C10H14S2/c1-3-9-4-2-8(1)7-10(9)11-5-6-12-10/h1,3,8-9H,2,4-7H2/t8-,9?/m1/s1. The van der Waals surface area contributed by atoms with Gasteiger partial charge in [-0.15, -0.1) is 23.5 Å². The molecule has 1 saturated carbocycles. The van der Waals surface area contributed by atoms with Crippen molar-refractivity contribution in [2.45, 2.75) is 23.3 Å². The fourth-order valence-electron chi connectivity index (χ4n) is 2.73. The van der Waals surface area contributed by atoms with Crippen LogP contribution in [0.25, 0.3) is 0 Å². The molecule has 2 heteroatoms. The van der Waals surface area contributed by atoms with E-state index in [0.717, 1.165) is 11.8 Å². The molecule has 1 spiro atoms. The largest absolute Gasteiger partial charge is 0.143 e. The maximum Gasteiger partial charge on any atom is 0.0679 e. The van der Waals surface area contributed by atoms with Crippen LogP contribution in [0.15, 0.2) is 12.2 Å². The van der Waals surface area contributed by atoms with Crippen LogP contribution in [0.3, 0.4) is 0 Å². The molecule has 1 unspecified atom stereocenters. The molecule has 66 valence electrons. The number of hydrogen-bond acceptors (Lipinski definition) is 2. The summed E-state index contributed by atoms with van der Waals surface area (Å²) >= 11 is 4.48. The zero-order chi connectivity index (χ0) is 8.02. The molecule has 0 amide bonds. The Morgan fingerprint density at radius 3 is 2.42 bits per heavy atom. The molecule has 2 atom stereocenters. The Bertz CT molecular complexity index is 216. The molecule has 0 aromatic heterocycles. The van der Waals surface area contributed by atoms with Crippen LogP contribution in [-0.2, 0) is 0 Å². The normalized spacial score (nSPS) is 42.7. The monoisotopic (exact) mass is 198 g/mol. The van der Waals surface area contributed by atoms with Crippen molar-refractivity contribution >= 4 is 23.5 Å². The second kappa shape index (κ2) is 2.71. The van der Waals surface area contributed by atoms with E-state index in [0.29, 0.717) is 4.08 Å². The molecule has 0 nitrogen and oxygen atoms in total. The highest BCUT2D eigenvalue weighted by atomic mass is 32.2. The lowest BCUT2D eigenvalue weighted by Gasteiger charge is -2.45. The first-order valence-corrected chi connectivity index (χ1v) is 6.82. The van der Waals surface area contributed by atoms with Gasteiger partial charge in [0, 0.05) is 17.4 Å². The van der Waals surface area contributed by atoms with Crippen molar-refractivity contribution in [1.82, 2.24) is 0 Å². The fraction of sp³-hybridized carbons (Fsp3) is 0.800. The second-order valence-electron chi connectivity index (χ2n) is 4.04. The lowest BCUT2D eigenvalue weighted by Crippen LogP contribution is -2.37. The first-order valence-electron chi connectivity index (χ1n) is 4.85. The highest BCUT2D eigenvalue weighted by Crippen LogP contribution is 2.59. The second-order valence-corrected chi connectivity index (χ2v) is 7.15. The van der Waals surface area contributed by atoms with Crippen molar-refractivity contribution < 1.29 is 0 Å². The average molecular weight is 198 g/mol. The van der Waals surface area contributed by atoms with Gasteiger partial charge in [0.2, 0.25) is 0 Å². The van der Waals surface area contributed by atoms with Gasteiger partial charge < -0.3 is 0 Å². The molecule has 0 radical (unpaired) electrons. The fourth-order valence-corrected chi connectivity index (χ4v) is 6.41. The van der Waals surface area contributed by atoms with Gasteiger partial charge in [-0.05, 0) is 25.2 Å². The summed E-state index contributed by atoms with van der Waals surface area (Å²) in [5.41, 5.74) is 0. The molecule has 4 aliphatic rings. The molecule has 1 heterocycles. The Labute approximate surface area is 82.6 Å². The molecular weight excluding hydrogens is 184 g/mol. The van der Waals surface area contributed by atoms with Crippen LogP contribution in [0.1, 0.15) is 19.3 Å². The van der Waals surface area contributed by atoms with E-state index >= 15 is 0 Å². The predicted molar refractivity (Wildman–Crippen MR) is 57.6 cm³/mol. The summed E-state index contributed by atoms with van der Waals surface area (Å²) in [4.78, 5) is 0. The Balaban J connectivity index is 1.93. The Kier molecular flexibility index (Phi) is 1.76. The predicted octanol–water partition coefficient (Wildman–Crippen LogP) is 3.15. The van der Waals surface area contributed by atoms with Gasteiger partial charge in [0.05, 0.1) is 4.08 Å². The Hall–Kier alpha value is 0.440. The maximum absolute atomic E-state index is 2.50. The average Bonchev–Trinajstić information content (AvgIpc) is 2.55. The van der Waals surface area contributed by atoms with Gasteiger partial charge in [0.15, 0.2) is 0 Å². The van der Waals surface area contributed by atoms with E-state index in [1.54, 1.807) is 0 Å². The van der Waals surface area contributed by atoms with Crippen LogP contribution < -0.4 is 0 Å². The van der Waals surface area contributed by atoms with Crippen molar-refractivity contribution in [3.05, 3.63) is 12.2 Å². The van der Waals surface area contributed by atoms with Crippen molar-refractivity contribution in [2.24, 2.45) is 11.8 Å². The minimum absolute atomic E-state index is 0.637. The quantitative estimate of drug-likeness (QED) is 0.548. The number of fused-ring (bicyclic) bond motifs is 1. The van der Waals surface area contributed by atoms with Gasteiger partial charge in [0.25, 0.3) is 0 Å². The third-order valence-corrected chi connectivity index (χ3v) is 7.05. The zero-order valence-corrected chi connectivity index (χ0v) is 8.79. The summed E-state index contributed by atoms with van der Waals surface area (Å²) < 4.78 is 0.637. The molecular formula is C10H14S2. The third-order valence-electron chi connectivity index (χ3n) is 3.35. The molecule has 2 bridgehead atoms. The number of rotatable bonds is 0. The third kappa shape index (κ3) is 1.00. The van der Waals surface area contributed by atoms with Crippen molar-refractivity contribution in [2.75, 3.05) is 11.5 Å². The number of hydrogen-bond donors (Lipinski definition) is 0. The van der Waals surface area contributed by atoms with Gasteiger partial charge in [-0.25, -0.2) is 0 Å². The van der Waals surface area contributed by atoms with Crippen LogP contribution in [0, 0.1) is 11.8 Å². The summed E-state index contributed by atoms with van der Waals surface area (Å²) in [7, 11) is 0. The van der Waals surface area contributed by atoms with Crippen molar-refractivity contribution in [1.29, 1.82) is 0 Å². The molecule has 2 fully saturated rings. The Morgan fingerprint density at radius 2 is 1.92 bits per heavy atom. The van der Waals surface area contributed by atoms with Gasteiger partial charge in [0.1, 0.15) is 0 Å². The lowest BCUT2D eigenvalue weighted by atomic mass is 9.75. The van der Waals surface area contributed by atoms with E-state index in [1.807, 2.05) is 0 Å². The van der Waals surface area contributed by atoms with Crippen LogP contribution in [0.4, 0.5) is 0 Å². The van der Waals surface area contributed by atoms with E-state index < -0.39 is 0 Å². The van der Waals surface area contributed by atoms with Gasteiger partial charge in [-0.1, -0.05) is 12.2 Å². The van der Waals surface area contributed by atoms with E-state index in [-0.39, 0.29) is 0 Å². The van der Waals surface area contributed by atoms with Gasteiger partial charge in [-0.3, -0.25) is 0 Å². The van der Waals surface area contributed by atoms with E-state index in [2.05, 4.69) is 35.7 Å². The minimum atomic E-state index is 0.637. The topological polar surface area (TPSA) is 0 Å². The van der Waals surface area contributed by atoms with E-state index in [9.17, 15) is 0 Å². The molecule has 1 aliphatic heterocycles. The summed E-state index contributed by atoms with van der Waals surface area (Å²) in [5, 5.41) is 0. The smallest absolute Gasteiger partial charge is 0.0679 e. The molecule has 12 heavy (non-hydrogen) atoms. The number of allylic oxidation sites excluding steroid dienone is 2. The van der Waals surface area contributed by atoms with E-state index in [1.165, 1.54) is 30.8 Å². The zero-order valence-electron chi connectivity index (χ0n) is 7.16. The van der Waals surface area contributed by atoms with Crippen LogP contribution in [0.2, 0.25) is 0 Å². The SMILES string of the molecule is C1=C[C@@H]2CCC1C1(C2)SCCS1. The summed E-state index contributed by atoms with van der Waals surface area (Å²) in [6.07, 6.45) is 9.36. The summed E-state index contributed by atoms with van der Waals surface area (Å²) in [5.74, 6) is 4.61. The highest BCUT2D eigenvalue weighted by Gasteiger charge is 2.47. The maximum atomic E-state index is 2.50. The van der Waals surface area contributed by atoms with Crippen molar-refractivity contribution in [3.8, 4) is 0 Å². The molecule has 4 rings (SSSR count). The van der Waals surface area contributed by atoms with E-state index in [4.69, 9.17) is 0 Å². The molecule has 0 aromatic carbocycles. The van der Waals surface area contributed by atoms with Crippen LogP contribution >= 0.6 is 23.5 Å². The summed E-state index contributed by atoms with van der Waals surface area (Å²) in [6, 6.07) is 0. The highest BCUT2D eigenvalue weighted by molar-refractivity contribution is 8.21. The lowest BCUT2D eigenvalue weighted by molar-refractivity contribution is 0.321. The Morgan fingerprint density at radius 1 is 1.08 bits per heavy atom. The minimum Gasteiger partial charge on any atom is -0.143 e. The van der Waals surface area contributed by atoms with Crippen molar-refractivity contribution in [3.63, 3.8) is 0 Å². The first kappa shape index (κ1) is 7.81. The van der Waals surface area contributed by atoms with Crippen LogP contribution in [0.5, 0.6) is 0 Å². The van der Waals surface area contributed by atoms with Gasteiger partial charge >= 0.3 is 0 Å². The molecule has 3 aliphatic carbocycles. The molecule has 1 saturated heterocycles. The van der Waals surface area contributed by atoms with Crippen LogP contribution in [-0.4, -0.2) is 15.6 Å². The van der Waals surface area contributed by atoms with Gasteiger partial charge in [-0.2, -0.15) is 0 Å².